The number of carbonyl (C=O) groups excluding carboxylic acids is 1. The molecule has 138 valence electrons. The lowest BCUT2D eigenvalue weighted by Gasteiger charge is -2.13. The van der Waals surface area contributed by atoms with Gasteiger partial charge in [0.15, 0.2) is 0 Å². The molecule has 2 unspecified atom stereocenters. The number of ether oxygens (including phenoxy) is 1. The van der Waals surface area contributed by atoms with Crippen molar-refractivity contribution in [2.24, 2.45) is 0 Å². The number of alkyl carbamates (subject to hydrolysis) is 1. The van der Waals surface area contributed by atoms with Gasteiger partial charge in [-0.2, -0.15) is 0 Å². The Morgan fingerprint density at radius 1 is 0.857 bits per heavy atom. The molecule has 2 atom stereocenters. The summed E-state index contributed by atoms with van der Waals surface area (Å²) in [6.07, 6.45) is 0.529. The van der Waals surface area contributed by atoms with Gasteiger partial charge in [-0.15, -0.1) is 0 Å². The highest BCUT2D eigenvalue weighted by Gasteiger charge is 2.41. The van der Waals surface area contributed by atoms with Crippen molar-refractivity contribution in [1.82, 2.24) is 5.32 Å². The molecule has 1 N–H and O–H groups in total. The Bertz CT molecular complexity index is 1100. The fraction of sp³-hybridized carbons (Fsp3) is 0.160. The molecule has 4 aromatic rings. The van der Waals surface area contributed by atoms with Crippen molar-refractivity contribution in [3.8, 4) is 0 Å². The van der Waals surface area contributed by atoms with Gasteiger partial charge in [0, 0.05) is 12.5 Å². The van der Waals surface area contributed by atoms with Crippen molar-refractivity contribution in [2.45, 2.75) is 25.0 Å². The molecule has 0 aromatic heterocycles. The van der Waals surface area contributed by atoms with Crippen LogP contribution in [0.2, 0.25) is 0 Å². The highest BCUT2D eigenvalue weighted by molar-refractivity contribution is 6.02. The minimum atomic E-state index is -0.347. The van der Waals surface area contributed by atoms with Crippen molar-refractivity contribution >= 4 is 27.6 Å². The maximum Gasteiger partial charge on any atom is 0.407 e. The van der Waals surface area contributed by atoms with E-state index in [1.165, 1.54) is 16.3 Å². The van der Waals surface area contributed by atoms with Crippen molar-refractivity contribution in [3.63, 3.8) is 0 Å². The number of rotatable bonds is 4. The van der Waals surface area contributed by atoms with Crippen molar-refractivity contribution in [1.29, 1.82) is 0 Å². The van der Waals surface area contributed by atoms with E-state index < -0.39 is 0 Å². The summed E-state index contributed by atoms with van der Waals surface area (Å²) in [7, 11) is 0. The lowest BCUT2D eigenvalue weighted by molar-refractivity contribution is 0.136. The van der Waals surface area contributed by atoms with Crippen molar-refractivity contribution < 1.29 is 9.53 Å². The molecule has 28 heavy (non-hydrogen) atoms. The quantitative estimate of drug-likeness (QED) is 0.465. The fourth-order valence-electron chi connectivity index (χ4n) is 3.99. The van der Waals surface area contributed by atoms with Crippen LogP contribution in [0.25, 0.3) is 21.5 Å². The largest absolute Gasteiger partial charge is 0.446 e. The van der Waals surface area contributed by atoms with Gasteiger partial charge in [-0.25, -0.2) is 4.79 Å². The van der Waals surface area contributed by atoms with Crippen molar-refractivity contribution in [2.75, 3.05) is 0 Å². The summed E-state index contributed by atoms with van der Waals surface area (Å²) >= 11 is 0. The Morgan fingerprint density at radius 2 is 1.46 bits per heavy atom. The van der Waals surface area contributed by atoms with E-state index >= 15 is 0 Å². The predicted octanol–water partition coefficient (Wildman–Crippen LogP) is 5.78. The summed E-state index contributed by atoms with van der Waals surface area (Å²) in [5.41, 5.74) is 2.36. The van der Waals surface area contributed by atoms with Crippen LogP contribution in [0.5, 0.6) is 0 Å². The normalized spacial score (nSPS) is 18.1. The summed E-state index contributed by atoms with van der Waals surface area (Å²) in [6.45, 7) is 0.448. The summed E-state index contributed by atoms with van der Waals surface area (Å²) in [4.78, 5) is 12.4. The van der Waals surface area contributed by atoms with E-state index in [0.717, 1.165) is 22.8 Å². The first-order valence-electron chi connectivity index (χ1n) is 9.68. The monoisotopic (exact) mass is 367 g/mol. The molecule has 0 radical (unpaired) electrons. The molecule has 1 saturated carbocycles. The number of hydrogen-bond donors (Lipinski definition) is 1. The van der Waals surface area contributed by atoms with Crippen LogP contribution in [0.15, 0.2) is 84.9 Å². The molecular formula is C25H21NO2. The van der Waals surface area contributed by atoms with Gasteiger partial charge in [0.05, 0.1) is 0 Å². The topological polar surface area (TPSA) is 38.3 Å². The first kappa shape index (κ1) is 16.8. The number of benzene rings is 4. The molecule has 3 nitrogen and oxygen atoms in total. The van der Waals surface area contributed by atoms with Crippen LogP contribution < -0.4 is 5.32 Å². The van der Waals surface area contributed by atoms with Crippen LogP contribution in [-0.2, 0) is 11.3 Å². The Balaban J connectivity index is 1.32. The summed E-state index contributed by atoms with van der Waals surface area (Å²) in [5, 5.41) is 7.65. The summed E-state index contributed by atoms with van der Waals surface area (Å²) in [6, 6.07) is 29.0. The first-order valence-corrected chi connectivity index (χ1v) is 9.68. The maximum atomic E-state index is 12.4. The average molecular weight is 367 g/mol. The van der Waals surface area contributed by atoms with Gasteiger partial charge in [0.1, 0.15) is 6.10 Å². The molecule has 0 heterocycles. The van der Waals surface area contributed by atoms with Gasteiger partial charge < -0.3 is 10.1 Å². The highest BCUT2D eigenvalue weighted by atomic mass is 16.6. The molecule has 1 fully saturated rings. The van der Waals surface area contributed by atoms with Gasteiger partial charge in [-0.1, -0.05) is 78.9 Å². The second-order valence-corrected chi connectivity index (χ2v) is 7.35. The zero-order valence-electron chi connectivity index (χ0n) is 15.5. The van der Waals surface area contributed by atoms with E-state index in [9.17, 15) is 4.79 Å². The van der Waals surface area contributed by atoms with Crippen LogP contribution in [-0.4, -0.2) is 12.2 Å². The molecule has 1 aliphatic rings. The average Bonchev–Trinajstić information content (AvgIpc) is 3.50. The van der Waals surface area contributed by atoms with E-state index in [-0.39, 0.29) is 12.2 Å². The third kappa shape index (κ3) is 3.20. The number of nitrogens with one attached hydrogen (secondary N) is 1. The molecule has 5 rings (SSSR count). The van der Waals surface area contributed by atoms with E-state index in [1.54, 1.807) is 0 Å². The van der Waals surface area contributed by atoms with Crippen LogP contribution in [0.4, 0.5) is 4.79 Å². The van der Waals surface area contributed by atoms with E-state index in [1.807, 2.05) is 42.5 Å². The number of fused-ring (bicyclic) bond motifs is 2. The van der Waals surface area contributed by atoms with Crippen molar-refractivity contribution in [3.05, 3.63) is 96.1 Å². The third-order valence-corrected chi connectivity index (χ3v) is 5.51. The second-order valence-electron chi connectivity index (χ2n) is 7.35. The maximum absolute atomic E-state index is 12.4. The molecule has 1 aliphatic carbocycles. The third-order valence-electron chi connectivity index (χ3n) is 5.51. The first-order chi connectivity index (χ1) is 13.8. The van der Waals surface area contributed by atoms with Gasteiger partial charge in [-0.05, 0) is 45.2 Å². The SMILES string of the molecule is O=C(NCc1c2ccccc2cc2ccccc12)OC1CC1c1ccccc1. The predicted molar refractivity (Wildman–Crippen MR) is 112 cm³/mol. The van der Waals surface area contributed by atoms with E-state index in [0.29, 0.717) is 12.5 Å². The molecule has 3 heteroatoms. The minimum Gasteiger partial charge on any atom is -0.446 e. The number of amides is 1. The van der Waals surface area contributed by atoms with Gasteiger partial charge in [0.25, 0.3) is 0 Å². The summed E-state index contributed by atoms with van der Waals surface area (Å²) < 4.78 is 5.62. The van der Waals surface area contributed by atoms with Crippen LogP contribution in [0.1, 0.15) is 23.5 Å². The molecular weight excluding hydrogens is 346 g/mol. The van der Waals surface area contributed by atoms with Crippen LogP contribution in [0.3, 0.4) is 0 Å². The van der Waals surface area contributed by atoms with Gasteiger partial charge in [0.2, 0.25) is 0 Å². The number of carbonyl (C=O) groups is 1. The molecule has 0 aliphatic heterocycles. The molecule has 1 amide bonds. The Hall–Kier alpha value is -3.33. The molecule has 0 bridgehead atoms. The minimum absolute atomic E-state index is 0.0216. The Kier molecular flexibility index (Phi) is 4.21. The Labute approximate surface area is 163 Å². The second kappa shape index (κ2) is 7.01. The van der Waals surface area contributed by atoms with E-state index in [2.05, 4.69) is 47.8 Å². The molecule has 4 aromatic carbocycles. The Morgan fingerprint density at radius 3 is 2.14 bits per heavy atom. The molecule has 0 spiro atoms. The zero-order valence-corrected chi connectivity index (χ0v) is 15.5. The number of hydrogen-bond acceptors (Lipinski definition) is 2. The van der Waals surface area contributed by atoms with Crippen LogP contribution in [0, 0.1) is 0 Å². The zero-order chi connectivity index (χ0) is 18.9. The lowest BCUT2D eigenvalue weighted by atomic mass is 9.97. The fourth-order valence-corrected chi connectivity index (χ4v) is 3.99. The van der Waals surface area contributed by atoms with Crippen LogP contribution >= 0.6 is 0 Å². The lowest BCUT2D eigenvalue weighted by Crippen LogP contribution is -2.25. The smallest absolute Gasteiger partial charge is 0.407 e. The molecule has 0 saturated heterocycles. The van der Waals surface area contributed by atoms with E-state index in [4.69, 9.17) is 4.74 Å². The van der Waals surface area contributed by atoms with Gasteiger partial charge in [-0.3, -0.25) is 0 Å². The van der Waals surface area contributed by atoms with Gasteiger partial charge >= 0.3 is 6.09 Å². The standard InChI is InChI=1S/C25H21NO2/c27-25(28-24-15-22(24)17-8-2-1-3-9-17)26-16-23-20-12-6-4-10-18(20)14-19-11-5-7-13-21(19)23/h1-14,22,24H,15-16H2,(H,26,27). The highest BCUT2D eigenvalue weighted by Crippen LogP contribution is 2.43. The summed E-state index contributed by atoms with van der Waals surface area (Å²) in [5.74, 6) is 0.324.